The first kappa shape index (κ1) is 22.2. The van der Waals surface area contributed by atoms with E-state index in [1.54, 1.807) is 0 Å². The highest BCUT2D eigenvalue weighted by Gasteiger charge is 2.48. The summed E-state index contributed by atoms with van der Waals surface area (Å²) in [5.74, 6) is -2.11. The van der Waals surface area contributed by atoms with Gasteiger partial charge in [0.05, 0.1) is 5.69 Å². The van der Waals surface area contributed by atoms with E-state index >= 15 is 4.39 Å². The second-order valence-electron chi connectivity index (χ2n) is 8.57. The molecule has 0 amide bonds. The molecule has 0 unspecified atom stereocenters. The minimum atomic E-state index is -4.33. The summed E-state index contributed by atoms with van der Waals surface area (Å²) in [6.07, 6.45) is 4.40. The molecule has 1 aliphatic heterocycles. The SMILES string of the molecule is CN(C)[C@@H]1CCC[C@@]12CCN(c1ccc(S(=O)(=O)Nc3cccc(F)n3)c(F)c1Cl)C2. The normalized spacial score (nSPS) is 23.8. The zero-order chi connectivity index (χ0) is 22.4. The average Bonchev–Trinajstić information content (AvgIpc) is 3.30. The lowest BCUT2D eigenvalue weighted by Crippen LogP contribution is -2.42. The van der Waals surface area contributed by atoms with Gasteiger partial charge in [-0.15, -0.1) is 0 Å². The minimum absolute atomic E-state index is 0.138. The van der Waals surface area contributed by atoms with Gasteiger partial charge in [-0.05, 0) is 57.6 Å². The number of benzene rings is 1. The lowest BCUT2D eigenvalue weighted by Gasteiger charge is -2.36. The third-order valence-electron chi connectivity index (χ3n) is 6.48. The van der Waals surface area contributed by atoms with E-state index in [2.05, 4.69) is 28.7 Å². The van der Waals surface area contributed by atoms with Crippen molar-refractivity contribution in [2.45, 2.75) is 36.6 Å². The Labute approximate surface area is 186 Å². The molecule has 1 spiro atoms. The number of hydrogen-bond donors (Lipinski definition) is 1. The smallest absolute Gasteiger partial charge is 0.266 e. The maximum Gasteiger partial charge on any atom is 0.266 e. The first-order chi connectivity index (χ1) is 14.6. The molecule has 6 nitrogen and oxygen atoms in total. The van der Waals surface area contributed by atoms with Crippen molar-refractivity contribution >= 4 is 33.1 Å². The van der Waals surface area contributed by atoms with Gasteiger partial charge in [0.15, 0.2) is 5.82 Å². The molecule has 1 saturated heterocycles. The third kappa shape index (κ3) is 4.10. The van der Waals surface area contributed by atoms with Gasteiger partial charge in [-0.3, -0.25) is 4.72 Å². The van der Waals surface area contributed by atoms with Gasteiger partial charge in [-0.2, -0.15) is 4.39 Å². The summed E-state index contributed by atoms with van der Waals surface area (Å²) in [6, 6.07) is 6.86. The summed E-state index contributed by atoms with van der Waals surface area (Å²) in [5, 5.41) is -0.230. The number of anilines is 2. The summed E-state index contributed by atoms with van der Waals surface area (Å²) in [4.78, 5) is 7.16. The molecule has 0 bridgehead atoms. The van der Waals surface area contributed by atoms with Crippen molar-refractivity contribution in [3.8, 4) is 0 Å². The van der Waals surface area contributed by atoms with Gasteiger partial charge in [0.1, 0.15) is 15.7 Å². The van der Waals surface area contributed by atoms with Crippen molar-refractivity contribution in [1.29, 1.82) is 0 Å². The molecule has 1 N–H and O–H groups in total. The summed E-state index contributed by atoms with van der Waals surface area (Å²) >= 11 is 6.31. The van der Waals surface area contributed by atoms with Crippen LogP contribution in [0.15, 0.2) is 35.2 Å². The second-order valence-corrected chi connectivity index (χ2v) is 10.6. The lowest BCUT2D eigenvalue weighted by molar-refractivity contribution is 0.153. The van der Waals surface area contributed by atoms with Crippen LogP contribution in [0, 0.1) is 17.2 Å². The van der Waals surface area contributed by atoms with Crippen LogP contribution in [-0.4, -0.2) is 51.5 Å². The van der Waals surface area contributed by atoms with Gasteiger partial charge < -0.3 is 9.80 Å². The van der Waals surface area contributed by atoms with E-state index < -0.39 is 26.7 Å². The Bertz CT molecular complexity index is 1100. The van der Waals surface area contributed by atoms with Crippen LogP contribution in [0.5, 0.6) is 0 Å². The molecule has 2 atom stereocenters. The minimum Gasteiger partial charge on any atom is -0.370 e. The maximum absolute atomic E-state index is 15.1. The van der Waals surface area contributed by atoms with Crippen LogP contribution in [-0.2, 0) is 10.0 Å². The van der Waals surface area contributed by atoms with Crippen molar-refractivity contribution in [2.24, 2.45) is 5.41 Å². The maximum atomic E-state index is 15.1. The molecule has 10 heteroatoms. The van der Waals surface area contributed by atoms with E-state index in [1.165, 1.54) is 24.3 Å². The van der Waals surface area contributed by atoms with Crippen LogP contribution in [0.3, 0.4) is 0 Å². The molecule has 2 heterocycles. The second kappa shape index (κ2) is 8.18. The highest BCUT2D eigenvalue weighted by molar-refractivity contribution is 7.92. The van der Waals surface area contributed by atoms with Crippen LogP contribution >= 0.6 is 11.6 Å². The number of aromatic nitrogens is 1. The molecule has 168 valence electrons. The van der Waals surface area contributed by atoms with Crippen LogP contribution in [0.2, 0.25) is 5.02 Å². The van der Waals surface area contributed by atoms with E-state index in [4.69, 9.17) is 11.6 Å². The lowest BCUT2D eigenvalue weighted by atomic mass is 9.81. The number of hydrogen-bond acceptors (Lipinski definition) is 5. The van der Waals surface area contributed by atoms with Gasteiger partial charge in [-0.1, -0.05) is 24.1 Å². The Morgan fingerprint density at radius 1 is 1.23 bits per heavy atom. The fourth-order valence-electron chi connectivity index (χ4n) is 5.13. The molecule has 4 rings (SSSR count). The van der Waals surface area contributed by atoms with E-state index in [-0.39, 0.29) is 16.3 Å². The quantitative estimate of drug-likeness (QED) is 0.666. The molecule has 1 saturated carbocycles. The predicted molar refractivity (Wildman–Crippen MR) is 117 cm³/mol. The Morgan fingerprint density at radius 2 is 2.00 bits per heavy atom. The summed E-state index contributed by atoms with van der Waals surface area (Å²) in [7, 11) is -0.149. The van der Waals surface area contributed by atoms with Crippen molar-refractivity contribution in [3.05, 3.63) is 47.1 Å². The molecular formula is C21H25ClF2N4O2S. The van der Waals surface area contributed by atoms with Crippen molar-refractivity contribution in [3.63, 3.8) is 0 Å². The monoisotopic (exact) mass is 470 g/mol. The zero-order valence-electron chi connectivity index (χ0n) is 17.4. The first-order valence-electron chi connectivity index (χ1n) is 10.2. The van der Waals surface area contributed by atoms with E-state index in [0.29, 0.717) is 11.7 Å². The van der Waals surface area contributed by atoms with Crippen molar-refractivity contribution in [2.75, 3.05) is 36.8 Å². The van der Waals surface area contributed by atoms with Crippen LogP contribution < -0.4 is 9.62 Å². The molecule has 2 fully saturated rings. The van der Waals surface area contributed by atoms with E-state index in [0.717, 1.165) is 44.8 Å². The fraction of sp³-hybridized carbons (Fsp3) is 0.476. The van der Waals surface area contributed by atoms with Crippen LogP contribution in [0.4, 0.5) is 20.3 Å². The Balaban J connectivity index is 1.60. The van der Waals surface area contributed by atoms with Gasteiger partial charge >= 0.3 is 0 Å². The molecule has 0 radical (unpaired) electrons. The number of nitrogens with zero attached hydrogens (tertiary/aromatic N) is 3. The van der Waals surface area contributed by atoms with Crippen LogP contribution in [0.25, 0.3) is 0 Å². The Kier molecular flexibility index (Phi) is 5.87. The van der Waals surface area contributed by atoms with E-state index in [9.17, 15) is 12.8 Å². The van der Waals surface area contributed by atoms with Gasteiger partial charge in [-0.25, -0.2) is 17.8 Å². The summed E-state index contributed by atoms with van der Waals surface area (Å²) < 4.78 is 55.7. The number of halogens is 3. The summed E-state index contributed by atoms with van der Waals surface area (Å²) in [5.41, 5.74) is 0.627. The Hall–Kier alpha value is -1.97. The number of sulfonamides is 1. The van der Waals surface area contributed by atoms with Crippen LogP contribution in [0.1, 0.15) is 25.7 Å². The van der Waals surface area contributed by atoms with Crippen molar-refractivity contribution < 1.29 is 17.2 Å². The first-order valence-corrected chi connectivity index (χ1v) is 12.0. The van der Waals surface area contributed by atoms with Gasteiger partial charge in [0.2, 0.25) is 5.95 Å². The predicted octanol–water partition coefficient (Wildman–Crippen LogP) is 4.12. The van der Waals surface area contributed by atoms with Gasteiger partial charge in [0, 0.05) is 24.5 Å². The summed E-state index contributed by atoms with van der Waals surface area (Å²) in [6.45, 7) is 1.49. The number of rotatable bonds is 5. The highest BCUT2D eigenvalue weighted by Crippen LogP contribution is 2.49. The van der Waals surface area contributed by atoms with Gasteiger partial charge in [0.25, 0.3) is 10.0 Å². The molecule has 1 aromatic heterocycles. The average molecular weight is 471 g/mol. The topological polar surface area (TPSA) is 65.5 Å². The molecule has 31 heavy (non-hydrogen) atoms. The third-order valence-corrected chi connectivity index (χ3v) is 8.21. The molecule has 1 aromatic carbocycles. The molecule has 2 aliphatic rings. The number of pyridine rings is 1. The molecule has 2 aromatic rings. The Morgan fingerprint density at radius 3 is 2.71 bits per heavy atom. The molecular weight excluding hydrogens is 446 g/mol. The van der Waals surface area contributed by atoms with Crippen molar-refractivity contribution in [1.82, 2.24) is 9.88 Å². The molecule has 1 aliphatic carbocycles. The fourth-order valence-corrected chi connectivity index (χ4v) is 6.56. The largest absolute Gasteiger partial charge is 0.370 e. The zero-order valence-corrected chi connectivity index (χ0v) is 19.0. The highest BCUT2D eigenvalue weighted by atomic mass is 35.5. The standard InChI is InChI=1S/C21H25ClF2N4O2S/c1-27(2)16-5-4-10-21(16)11-12-28(13-21)14-8-9-15(20(24)19(14)22)31(29,30)26-18-7-3-6-17(23)25-18/h3,6-9,16H,4-5,10-13H2,1-2H3,(H,25,26)/t16-,21+/m1/s1. The number of nitrogens with one attached hydrogen (secondary N) is 1. The van der Waals surface area contributed by atoms with E-state index in [1.807, 2.05) is 4.90 Å².